The highest BCUT2D eigenvalue weighted by molar-refractivity contribution is 8.01. The molecule has 1 unspecified atom stereocenters. The molecule has 2 aromatic rings. The van der Waals surface area contributed by atoms with Crippen LogP contribution in [0.5, 0.6) is 5.75 Å². The summed E-state index contributed by atoms with van der Waals surface area (Å²) >= 11 is 1.32. The third-order valence-corrected chi connectivity index (χ3v) is 4.89. The van der Waals surface area contributed by atoms with Crippen LogP contribution in [0.15, 0.2) is 53.4 Å². The predicted octanol–water partition coefficient (Wildman–Crippen LogP) is 4.07. The third kappa shape index (κ3) is 5.40. The first-order valence-electron chi connectivity index (χ1n) is 7.96. The number of rotatable bonds is 5. The summed E-state index contributed by atoms with van der Waals surface area (Å²) in [5, 5.41) is 4.83. The summed E-state index contributed by atoms with van der Waals surface area (Å²) < 4.78 is 41.0. The maximum Gasteiger partial charge on any atom is 0.422 e. The Morgan fingerprint density at radius 2 is 1.85 bits per heavy atom. The van der Waals surface area contributed by atoms with Crippen molar-refractivity contribution in [1.29, 1.82) is 0 Å². The number of benzene rings is 2. The second-order valence-electron chi connectivity index (χ2n) is 5.77. The van der Waals surface area contributed by atoms with E-state index in [0.717, 1.165) is 10.6 Å². The van der Waals surface area contributed by atoms with E-state index in [0.29, 0.717) is 5.69 Å². The van der Waals surface area contributed by atoms with E-state index < -0.39 is 18.0 Å². The van der Waals surface area contributed by atoms with Gasteiger partial charge in [0.1, 0.15) is 5.75 Å². The van der Waals surface area contributed by atoms with Gasteiger partial charge in [0.05, 0.1) is 10.9 Å². The number of carbonyl (C=O) groups is 2. The summed E-state index contributed by atoms with van der Waals surface area (Å²) in [5.74, 6) is -0.570. The number of alkyl halides is 3. The SMILES string of the molecule is O=C(CC1Sc2ccccc2NC1=O)Nc1ccc(OCC(F)(F)F)cc1. The molecule has 0 bridgehead atoms. The van der Waals surface area contributed by atoms with Crippen LogP contribution in [0.2, 0.25) is 0 Å². The Hall–Kier alpha value is -2.68. The van der Waals surface area contributed by atoms with Gasteiger partial charge >= 0.3 is 6.18 Å². The predicted molar refractivity (Wildman–Crippen MR) is 96.0 cm³/mol. The van der Waals surface area contributed by atoms with E-state index in [1.54, 1.807) is 6.07 Å². The van der Waals surface area contributed by atoms with Crippen LogP contribution in [0, 0.1) is 0 Å². The van der Waals surface area contributed by atoms with Crippen LogP contribution in [0.1, 0.15) is 6.42 Å². The molecule has 0 saturated carbocycles. The highest BCUT2D eigenvalue weighted by Crippen LogP contribution is 2.36. The fraction of sp³-hybridized carbons (Fsp3) is 0.222. The van der Waals surface area contributed by atoms with Gasteiger partial charge < -0.3 is 15.4 Å². The second-order valence-corrected chi connectivity index (χ2v) is 7.02. The van der Waals surface area contributed by atoms with Crippen LogP contribution in [0.25, 0.3) is 0 Å². The minimum Gasteiger partial charge on any atom is -0.484 e. The van der Waals surface area contributed by atoms with Crippen LogP contribution in [-0.2, 0) is 9.59 Å². The average molecular weight is 396 g/mol. The lowest BCUT2D eigenvalue weighted by Gasteiger charge is -2.23. The Morgan fingerprint density at radius 1 is 1.15 bits per heavy atom. The molecule has 0 aromatic heterocycles. The lowest BCUT2D eigenvalue weighted by molar-refractivity contribution is -0.153. The fourth-order valence-corrected chi connectivity index (χ4v) is 3.52. The molecule has 1 heterocycles. The number of thioether (sulfide) groups is 1. The molecule has 9 heteroatoms. The smallest absolute Gasteiger partial charge is 0.422 e. The Labute approximate surface area is 157 Å². The zero-order valence-electron chi connectivity index (χ0n) is 13.9. The molecule has 0 radical (unpaired) electrons. The van der Waals surface area contributed by atoms with Crippen LogP contribution in [0.3, 0.4) is 0 Å². The van der Waals surface area contributed by atoms with Gasteiger partial charge in [-0.05, 0) is 36.4 Å². The van der Waals surface area contributed by atoms with E-state index in [2.05, 4.69) is 15.4 Å². The first kappa shape index (κ1) is 19.1. The summed E-state index contributed by atoms with van der Waals surface area (Å²) in [4.78, 5) is 25.2. The molecule has 2 aromatic carbocycles. The minimum absolute atomic E-state index is 0.0306. The van der Waals surface area contributed by atoms with Crippen LogP contribution < -0.4 is 15.4 Å². The van der Waals surface area contributed by atoms with Crippen molar-refractivity contribution in [2.24, 2.45) is 0 Å². The Morgan fingerprint density at radius 3 is 2.56 bits per heavy atom. The minimum atomic E-state index is -4.41. The number of para-hydroxylation sites is 1. The van der Waals surface area contributed by atoms with Gasteiger partial charge in [-0.3, -0.25) is 9.59 Å². The van der Waals surface area contributed by atoms with Crippen molar-refractivity contribution in [2.45, 2.75) is 22.7 Å². The molecule has 0 aliphatic carbocycles. The van der Waals surface area contributed by atoms with Gasteiger partial charge in [0.15, 0.2) is 6.61 Å². The molecule has 3 rings (SSSR count). The monoisotopic (exact) mass is 396 g/mol. The maximum atomic E-state index is 12.2. The number of nitrogens with one attached hydrogen (secondary N) is 2. The average Bonchev–Trinajstić information content (AvgIpc) is 2.61. The molecule has 2 amide bonds. The standard InChI is InChI=1S/C18H15F3N2O3S/c19-18(20,21)10-26-12-7-5-11(6-8-12)22-16(24)9-15-17(25)23-13-3-1-2-4-14(13)27-15/h1-8,15H,9-10H2,(H,22,24)(H,23,25). The maximum absolute atomic E-state index is 12.2. The number of hydrogen-bond acceptors (Lipinski definition) is 4. The summed E-state index contributed by atoms with van der Waals surface area (Å²) in [6, 6.07) is 12.9. The van der Waals surface area contributed by atoms with Crippen LogP contribution in [-0.4, -0.2) is 29.8 Å². The number of carbonyl (C=O) groups excluding carboxylic acids is 2. The highest BCUT2D eigenvalue weighted by Gasteiger charge is 2.29. The van der Waals surface area contributed by atoms with E-state index in [-0.39, 0.29) is 24.0 Å². The van der Waals surface area contributed by atoms with E-state index in [9.17, 15) is 22.8 Å². The van der Waals surface area contributed by atoms with Gasteiger partial charge in [0.25, 0.3) is 0 Å². The first-order chi connectivity index (χ1) is 12.8. The van der Waals surface area contributed by atoms with Gasteiger partial charge in [-0.2, -0.15) is 13.2 Å². The molecule has 1 aliphatic heterocycles. The molecule has 5 nitrogen and oxygen atoms in total. The number of amides is 2. The Bertz CT molecular complexity index is 840. The number of hydrogen-bond donors (Lipinski definition) is 2. The molecule has 1 atom stereocenters. The molecule has 142 valence electrons. The molecule has 0 fully saturated rings. The number of halogens is 3. The zero-order chi connectivity index (χ0) is 19.4. The molecule has 2 N–H and O–H groups in total. The van der Waals surface area contributed by atoms with Crippen molar-refractivity contribution in [3.8, 4) is 5.75 Å². The zero-order valence-corrected chi connectivity index (χ0v) is 14.7. The van der Waals surface area contributed by atoms with Crippen molar-refractivity contribution in [1.82, 2.24) is 0 Å². The number of anilines is 2. The Kier molecular flexibility index (Phi) is 5.59. The number of fused-ring (bicyclic) bond motifs is 1. The van der Waals surface area contributed by atoms with Crippen LogP contribution >= 0.6 is 11.8 Å². The van der Waals surface area contributed by atoms with Gasteiger partial charge in [-0.1, -0.05) is 12.1 Å². The van der Waals surface area contributed by atoms with Crippen molar-refractivity contribution < 1.29 is 27.5 Å². The molecule has 27 heavy (non-hydrogen) atoms. The summed E-state index contributed by atoms with van der Waals surface area (Å²) in [6.07, 6.45) is -4.44. The van der Waals surface area contributed by atoms with Crippen molar-refractivity contribution in [3.63, 3.8) is 0 Å². The largest absolute Gasteiger partial charge is 0.484 e. The van der Waals surface area contributed by atoms with E-state index in [1.807, 2.05) is 18.2 Å². The summed E-state index contributed by atoms with van der Waals surface area (Å²) in [7, 11) is 0. The Balaban J connectivity index is 1.54. The van der Waals surface area contributed by atoms with Crippen molar-refractivity contribution >= 4 is 35.0 Å². The lowest BCUT2D eigenvalue weighted by Crippen LogP contribution is -2.32. The van der Waals surface area contributed by atoms with Gasteiger partial charge in [0, 0.05) is 17.0 Å². The van der Waals surface area contributed by atoms with Crippen LogP contribution in [0.4, 0.5) is 24.5 Å². The van der Waals surface area contributed by atoms with Gasteiger partial charge in [0.2, 0.25) is 11.8 Å². The van der Waals surface area contributed by atoms with Gasteiger partial charge in [-0.25, -0.2) is 0 Å². The van der Waals surface area contributed by atoms with E-state index >= 15 is 0 Å². The normalized spacial score (nSPS) is 16.3. The number of ether oxygens (including phenoxy) is 1. The van der Waals surface area contributed by atoms with E-state index in [1.165, 1.54) is 36.0 Å². The highest BCUT2D eigenvalue weighted by atomic mass is 32.2. The quantitative estimate of drug-likeness (QED) is 0.800. The fourth-order valence-electron chi connectivity index (χ4n) is 2.41. The van der Waals surface area contributed by atoms with Crippen molar-refractivity contribution in [2.75, 3.05) is 17.2 Å². The van der Waals surface area contributed by atoms with Crippen molar-refractivity contribution in [3.05, 3.63) is 48.5 Å². The second kappa shape index (κ2) is 7.91. The third-order valence-electron chi connectivity index (χ3n) is 3.62. The molecular weight excluding hydrogens is 381 g/mol. The first-order valence-corrected chi connectivity index (χ1v) is 8.84. The van der Waals surface area contributed by atoms with Gasteiger partial charge in [-0.15, -0.1) is 11.8 Å². The van der Waals surface area contributed by atoms with E-state index in [4.69, 9.17) is 0 Å². The molecule has 1 aliphatic rings. The summed E-state index contributed by atoms with van der Waals surface area (Å²) in [5.41, 5.74) is 1.12. The molecule has 0 saturated heterocycles. The molecule has 0 spiro atoms. The lowest BCUT2D eigenvalue weighted by atomic mass is 10.2. The topological polar surface area (TPSA) is 67.4 Å². The summed E-state index contributed by atoms with van der Waals surface area (Å²) in [6.45, 7) is -1.38. The molecular formula is C18H15F3N2O3S.